The van der Waals surface area contributed by atoms with E-state index in [4.69, 9.17) is 0 Å². The monoisotopic (exact) mass is 376 g/mol. The van der Waals surface area contributed by atoms with Gasteiger partial charge in [-0.1, -0.05) is 0 Å². The lowest BCUT2D eigenvalue weighted by atomic mass is 10.1. The van der Waals surface area contributed by atoms with E-state index in [2.05, 4.69) is 5.32 Å². The lowest BCUT2D eigenvalue weighted by Gasteiger charge is -2.31. The second kappa shape index (κ2) is 7.33. The molecule has 132 valence electrons. The number of piperidine rings is 1. The molecule has 1 heterocycles. The lowest BCUT2D eigenvalue weighted by Crippen LogP contribution is -2.44. The van der Waals surface area contributed by atoms with Gasteiger partial charge in [0, 0.05) is 19.1 Å². The van der Waals surface area contributed by atoms with Crippen molar-refractivity contribution in [2.45, 2.75) is 30.0 Å². The molecule has 0 spiro atoms. The van der Waals surface area contributed by atoms with Gasteiger partial charge in [0.1, 0.15) is 10.7 Å². The molecule has 0 atom stereocenters. The first-order valence-corrected chi connectivity index (χ1v) is 8.14. The Hall–Kier alpha value is -0.900. The van der Waals surface area contributed by atoms with Crippen LogP contribution in [0.25, 0.3) is 0 Å². The summed E-state index contributed by atoms with van der Waals surface area (Å²) in [4.78, 5) is -0.926. The topological polar surface area (TPSA) is 49.4 Å². The van der Waals surface area contributed by atoms with Crippen LogP contribution in [0.4, 0.5) is 17.6 Å². The molecule has 1 aliphatic rings. The van der Waals surface area contributed by atoms with E-state index in [0.717, 1.165) is 4.31 Å². The van der Waals surface area contributed by atoms with Gasteiger partial charge in [0.25, 0.3) is 0 Å². The molecule has 23 heavy (non-hydrogen) atoms. The standard InChI is InChI=1S/C13H16F4N2O2S.ClH/c1-18-10-4-6-19(7-5-10)22(20,21)12-8-9(13(15,16)17)2-3-11(12)14;/h2-3,8,10,18H,4-7H2,1H3;1H. The van der Waals surface area contributed by atoms with Crippen LogP contribution in [0.1, 0.15) is 18.4 Å². The van der Waals surface area contributed by atoms with E-state index >= 15 is 0 Å². The normalized spacial score (nSPS) is 17.8. The largest absolute Gasteiger partial charge is 0.416 e. The summed E-state index contributed by atoms with van der Waals surface area (Å²) in [5, 5.41) is 3.01. The Bertz CT molecular complexity index is 644. The maximum atomic E-state index is 13.8. The zero-order chi connectivity index (χ0) is 16.5. The third-order valence-corrected chi connectivity index (χ3v) is 5.65. The maximum absolute atomic E-state index is 13.8. The Kier molecular flexibility index (Phi) is 6.42. The van der Waals surface area contributed by atoms with E-state index in [9.17, 15) is 26.0 Å². The van der Waals surface area contributed by atoms with E-state index in [-0.39, 0.29) is 31.5 Å². The smallest absolute Gasteiger partial charge is 0.317 e. The zero-order valence-electron chi connectivity index (χ0n) is 12.2. The van der Waals surface area contributed by atoms with Crippen molar-refractivity contribution in [1.29, 1.82) is 0 Å². The van der Waals surface area contributed by atoms with Crippen LogP contribution in [0.5, 0.6) is 0 Å². The summed E-state index contributed by atoms with van der Waals surface area (Å²) in [5.74, 6) is -1.18. The number of hydrogen-bond donors (Lipinski definition) is 1. The van der Waals surface area contributed by atoms with Gasteiger partial charge in [-0.25, -0.2) is 12.8 Å². The summed E-state index contributed by atoms with van der Waals surface area (Å²) >= 11 is 0. The number of alkyl halides is 3. The lowest BCUT2D eigenvalue weighted by molar-refractivity contribution is -0.137. The molecule has 0 radical (unpaired) electrons. The molecule has 10 heteroatoms. The Labute approximate surface area is 138 Å². The summed E-state index contributed by atoms with van der Waals surface area (Å²) in [5.41, 5.74) is -1.18. The van der Waals surface area contributed by atoms with Crippen LogP contribution in [0.3, 0.4) is 0 Å². The van der Waals surface area contributed by atoms with Crippen molar-refractivity contribution in [2.75, 3.05) is 20.1 Å². The highest BCUT2D eigenvalue weighted by Crippen LogP contribution is 2.32. The van der Waals surface area contributed by atoms with Crippen LogP contribution >= 0.6 is 12.4 Å². The second-order valence-electron chi connectivity index (χ2n) is 5.11. The summed E-state index contributed by atoms with van der Waals surface area (Å²) in [6.07, 6.45) is -3.68. The first kappa shape index (κ1) is 20.1. The number of rotatable bonds is 3. The first-order chi connectivity index (χ1) is 10.2. The third kappa shape index (κ3) is 4.34. The fraction of sp³-hybridized carbons (Fsp3) is 0.538. The predicted octanol–water partition coefficient (Wildman–Crippen LogP) is 2.64. The maximum Gasteiger partial charge on any atom is 0.416 e. The Morgan fingerprint density at radius 3 is 2.26 bits per heavy atom. The van der Waals surface area contributed by atoms with Gasteiger partial charge < -0.3 is 5.32 Å². The average molecular weight is 377 g/mol. The summed E-state index contributed by atoms with van der Waals surface area (Å²) in [7, 11) is -2.53. The fourth-order valence-corrected chi connectivity index (χ4v) is 3.96. The minimum Gasteiger partial charge on any atom is -0.317 e. The summed E-state index contributed by atoms with van der Waals surface area (Å²) in [6, 6.07) is 1.57. The highest BCUT2D eigenvalue weighted by atomic mass is 35.5. The number of hydrogen-bond acceptors (Lipinski definition) is 3. The van der Waals surface area contributed by atoms with E-state index < -0.39 is 32.5 Å². The van der Waals surface area contributed by atoms with Crippen LogP contribution in [-0.4, -0.2) is 38.9 Å². The molecule has 1 aromatic carbocycles. The van der Waals surface area contributed by atoms with Crippen molar-refractivity contribution in [1.82, 2.24) is 9.62 Å². The minimum absolute atomic E-state index is 0. The zero-order valence-corrected chi connectivity index (χ0v) is 13.9. The van der Waals surface area contributed by atoms with E-state index in [1.165, 1.54) is 0 Å². The van der Waals surface area contributed by atoms with Gasteiger partial charge in [0.05, 0.1) is 5.56 Å². The second-order valence-corrected chi connectivity index (χ2v) is 7.02. The number of benzene rings is 1. The Morgan fingerprint density at radius 2 is 1.78 bits per heavy atom. The third-order valence-electron chi connectivity index (χ3n) is 3.74. The van der Waals surface area contributed by atoms with Crippen LogP contribution in [0.2, 0.25) is 0 Å². The van der Waals surface area contributed by atoms with Gasteiger partial charge in [-0.3, -0.25) is 0 Å². The molecule has 0 aromatic heterocycles. The van der Waals surface area contributed by atoms with Crippen LogP contribution in [0, 0.1) is 5.82 Å². The van der Waals surface area contributed by atoms with Gasteiger partial charge in [0.2, 0.25) is 10.0 Å². The predicted molar refractivity (Wildman–Crippen MR) is 79.5 cm³/mol. The van der Waals surface area contributed by atoms with E-state index in [0.29, 0.717) is 31.0 Å². The molecule has 0 saturated carbocycles. The fourth-order valence-electron chi connectivity index (χ4n) is 2.40. The van der Waals surface area contributed by atoms with Crippen LogP contribution in [0.15, 0.2) is 23.1 Å². The SMILES string of the molecule is CNC1CCN(S(=O)(=O)c2cc(C(F)(F)F)ccc2F)CC1.Cl. The number of sulfonamides is 1. The van der Waals surface area contributed by atoms with Gasteiger partial charge >= 0.3 is 6.18 Å². The molecule has 0 unspecified atom stereocenters. The van der Waals surface area contributed by atoms with Crippen molar-refractivity contribution in [3.05, 3.63) is 29.6 Å². The van der Waals surface area contributed by atoms with Crippen LogP contribution < -0.4 is 5.32 Å². The van der Waals surface area contributed by atoms with E-state index in [1.807, 2.05) is 0 Å². The quantitative estimate of drug-likeness (QED) is 0.825. The average Bonchev–Trinajstić information content (AvgIpc) is 2.46. The van der Waals surface area contributed by atoms with Gasteiger partial charge in [-0.2, -0.15) is 17.5 Å². The molecule has 1 N–H and O–H groups in total. The molecular formula is C13H17ClF4N2O2S. The molecule has 4 nitrogen and oxygen atoms in total. The molecule has 1 aromatic rings. The highest BCUT2D eigenvalue weighted by Gasteiger charge is 2.35. The first-order valence-electron chi connectivity index (χ1n) is 6.70. The molecule has 1 aliphatic heterocycles. The van der Waals surface area contributed by atoms with Crippen molar-refractivity contribution < 1.29 is 26.0 Å². The summed E-state index contributed by atoms with van der Waals surface area (Å²) < 4.78 is 77.6. The molecule has 0 aliphatic carbocycles. The van der Waals surface area contributed by atoms with E-state index in [1.54, 1.807) is 7.05 Å². The van der Waals surface area contributed by atoms with Gasteiger partial charge in [-0.05, 0) is 38.1 Å². The van der Waals surface area contributed by atoms with Crippen molar-refractivity contribution >= 4 is 22.4 Å². The van der Waals surface area contributed by atoms with Crippen molar-refractivity contribution in [3.8, 4) is 0 Å². The van der Waals surface area contributed by atoms with Crippen LogP contribution in [-0.2, 0) is 16.2 Å². The van der Waals surface area contributed by atoms with Crippen molar-refractivity contribution in [3.63, 3.8) is 0 Å². The molecular weight excluding hydrogens is 360 g/mol. The number of nitrogens with zero attached hydrogens (tertiary/aromatic N) is 1. The number of nitrogens with one attached hydrogen (secondary N) is 1. The summed E-state index contributed by atoms with van der Waals surface area (Å²) in [6.45, 7) is 0.285. The minimum atomic E-state index is -4.73. The van der Waals surface area contributed by atoms with Gasteiger partial charge in [-0.15, -0.1) is 12.4 Å². The molecule has 1 saturated heterocycles. The highest BCUT2D eigenvalue weighted by molar-refractivity contribution is 7.89. The Balaban J connectivity index is 0.00000264. The molecule has 0 bridgehead atoms. The number of halogens is 5. The van der Waals surface area contributed by atoms with Gasteiger partial charge in [0.15, 0.2) is 0 Å². The molecule has 2 rings (SSSR count). The Morgan fingerprint density at radius 1 is 1.22 bits per heavy atom. The molecule has 1 fully saturated rings. The molecule has 0 amide bonds. The van der Waals surface area contributed by atoms with Crippen molar-refractivity contribution in [2.24, 2.45) is 0 Å².